The van der Waals surface area contributed by atoms with E-state index in [9.17, 15) is 9.59 Å². The number of aryl methyl sites for hydroxylation is 4. The Balaban J connectivity index is 1.90. The smallest absolute Gasteiger partial charge is 0.315 e. The van der Waals surface area contributed by atoms with Crippen molar-refractivity contribution in [3.8, 4) is 0 Å². The van der Waals surface area contributed by atoms with Gasteiger partial charge in [0.2, 0.25) is 0 Å². The molecule has 3 rings (SSSR count). The van der Waals surface area contributed by atoms with Gasteiger partial charge in [0.1, 0.15) is 15.9 Å². The first kappa shape index (κ1) is 21.3. The van der Waals surface area contributed by atoms with Gasteiger partial charge in [-0.05, 0) is 52.7 Å². The molecule has 3 atom stereocenters. The molecule has 0 radical (unpaired) electrons. The van der Waals surface area contributed by atoms with Crippen LogP contribution < -0.4 is 11.1 Å². The lowest BCUT2D eigenvalue weighted by Gasteiger charge is -2.40. The number of urea groups is 1. The van der Waals surface area contributed by atoms with Gasteiger partial charge in [-0.1, -0.05) is 17.7 Å². The number of carbonyl (C=O) groups is 2. The molecule has 29 heavy (non-hydrogen) atoms. The number of anilines is 1. The Morgan fingerprint density at radius 2 is 1.83 bits per heavy atom. The molecule has 1 saturated heterocycles. The van der Waals surface area contributed by atoms with E-state index in [0.29, 0.717) is 22.1 Å². The summed E-state index contributed by atoms with van der Waals surface area (Å²) in [5.41, 5.74) is 10.2. The van der Waals surface area contributed by atoms with Crippen LogP contribution in [0.2, 0.25) is 0 Å². The van der Waals surface area contributed by atoms with E-state index in [-0.39, 0.29) is 18.1 Å². The molecule has 2 heterocycles. The third kappa shape index (κ3) is 4.28. The Morgan fingerprint density at radius 3 is 2.41 bits per heavy atom. The topological polar surface area (TPSA) is 97.5 Å². The first-order chi connectivity index (χ1) is 13.6. The number of benzene rings is 1. The normalized spacial score (nSPS) is 21.9. The third-order valence-electron chi connectivity index (χ3n) is 5.15. The van der Waals surface area contributed by atoms with E-state index >= 15 is 0 Å². The molecule has 3 N–H and O–H groups in total. The number of nitrogens with two attached hydrogens (primary N) is 1. The molecular formula is C21H28N4O3S. The Hall–Kier alpha value is -2.45. The summed E-state index contributed by atoms with van der Waals surface area (Å²) in [4.78, 5) is 31.7. The molecule has 3 unspecified atom stereocenters. The molecule has 156 valence electrons. The fraction of sp³-hybridized carbons (Fsp3) is 0.476. The summed E-state index contributed by atoms with van der Waals surface area (Å²) in [6.07, 6.45) is -0.376. The van der Waals surface area contributed by atoms with E-state index in [4.69, 9.17) is 10.5 Å². The van der Waals surface area contributed by atoms with Crippen molar-refractivity contribution >= 4 is 29.0 Å². The van der Waals surface area contributed by atoms with Crippen LogP contribution in [0.1, 0.15) is 57.0 Å². The number of nitrogens with one attached hydrogen (secondary N) is 1. The summed E-state index contributed by atoms with van der Waals surface area (Å²) >= 11 is 1.28. The number of hydrogen-bond donors (Lipinski definition) is 2. The van der Waals surface area contributed by atoms with Crippen LogP contribution in [-0.2, 0) is 4.74 Å². The second kappa shape index (κ2) is 8.12. The minimum Gasteiger partial charge on any atom is -0.371 e. The second-order valence-corrected chi connectivity index (χ2v) is 8.81. The van der Waals surface area contributed by atoms with Gasteiger partial charge < -0.3 is 20.7 Å². The van der Waals surface area contributed by atoms with Gasteiger partial charge in [0.25, 0.3) is 5.91 Å². The van der Waals surface area contributed by atoms with Crippen LogP contribution in [-0.4, -0.2) is 40.6 Å². The number of amides is 3. The minimum atomic E-state index is -0.512. The van der Waals surface area contributed by atoms with E-state index in [1.165, 1.54) is 11.3 Å². The van der Waals surface area contributed by atoms with Crippen LogP contribution in [0.5, 0.6) is 0 Å². The number of thiazole rings is 1. The molecule has 3 amide bonds. The molecule has 0 spiro atoms. The molecule has 1 aliphatic rings. The van der Waals surface area contributed by atoms with Gasteiger partial charge >= 0.3 is 6.03 Å². The zero-order valence-electron chi connectivity index (χ0n) is 17.7. The van der Waals surface area contributed by atoms with Crippen molar-refractivity contribution in [2.45, 2.75) is 59.8 Å². The summed E-state index contributed by atoms with van der Waals surface area (Å²) in [6, 6.07) is 3.17. The van der Waals surface area contributed by atoms with Crippen LogP contribution >= 0.6 is 11.3 Å². The molecule has 1 aromatic carbocycles. The predicted octanol–water partition coefficient (Wildman–Crippen LogP) is 3.86. The highest BCUT2D eigenvalue weighted by atomic mass is 32.1. The SMILES string of the molecule is Cc1cc(C)c(NC(=O)c2sc(C3C(C)OC(C)CN3C(N)=O)nc2C)c(C)c1. The van der Waals surface area contributed by atoms with Gasteiger partial charge in [-0.2, -0.15) is 0 Å². The fourth-order valence-corrected chi connectivity index (χ4v) is 5.16. The van der Waals surface area contributed by atoms with Crippen molar-refractivity contribution < 1.29 is 14.3 Å². The number of carbonyl (C=O) groups excluding carboxylic acids is 2. The van der Waals surface area contributed by atoms with Gasteiger partial charge in [0.15, 0.2) is 0 Å². The van der Waals surface area contributed by atoms with Crippen molar-refractivity contribution in [3.05, 3.63) is 44.4 Å². The van der Waals surface area contributed by atoms with Crippen LogP contribution in [0.15, 0.2) is 12.1 Å². The molecule has 0 saturated carbocycles. The molecule has 0 aliphatic carbocycles. The number of hydrogen-bond acceptors (Lipinski definition) is 5. The highest BCUT2D eigenvalue weighted by Crippen LogP contribution is 2.35. The second-order valence-electron chi connectivity index (χ2n) is 7.78. The number of morpholine rings is 1. The maximum Gasteiger partial charge on any atom is 0.315 e. The monoisotopic (exact) mass is 416 g/mol. The third-order valence-corrected chi connectivity index (χ3v) is 6.38. The fourth-order valence-electron chi connectivity index (χ4n) is 3.99. The Bertz CT molecular complexity index is 932. The number of rotatable bonds is 3. The molecule has 2 aromatic rings. The van der Waals surface area contributed by atoms with E-state index in [1.54, 1.807) is 11.8 Å². The van der Waals surface area contributed by atoms with E-state index in [2.05, 4.69) is 10.3 Å². The van der Waals surface area contributed by atoms with Gasteiger partial charge in [0.05, 0.1) is 17.9 Å². The van der Waals surface area contributed by atoms with Gasteiger partial charge in [-0.15, -0.1) is 11.3 Å². The van der Waals surface area contributed by atoms with Crippen molar-refractivity contribution in [3.63, 3.8) is 0 Å². The van der Waals surface area contributed by atoms with Crippen molar-refractivity contribution in [2.75, 3.05) is 11.9 Å². The zero-order chi connectivity index (χ0) is 21.5. The molecule has 7 nitrogen and oxygen atoms in total. The zero-order valence-corrected chi connectivity index (χ0v) is 18.5. The number of ether oxygens (including phenoxy) is 1. The van der Waals surface area contributed by atoms with Crippen molar-refractivity contribution in [2.24, 2.45) is 5.73 Å². The summed E-state index contributed by atoms with van der Waals surface area (Å²) in [6.45, 7) is 12.0. The van der Waals surface area contributed by atoms with Gasteiger partial charge in [0, 0.05) is 12.2 Å². The molecule has 1 aromatic heterocycles. The molecule has 1 fully saturated rings. The van der Waals surface area contributed by atoms with Crippen molar-refractivity contribution in [1.29, 1.82) is 0 Å². The van der Waals surface area contributed by atoms with Gasteiger partial charge in [-0.25, -0.2) is 9.78 Å². The number of primary amides is 1. The quantitative estimate of drug-likeness (QED) is 0.794. The highest BCUT2D eigenvalue weighted by Gasteiger charge is 2.38. The Labute approximate surface area is 175 Å². The van der Waals surface area contributed by atoms with Crippen LogP contribution in [0.3, 0.4) is 0 Å². The van der Waals surface area contributed by atoms with Crippen LogP contribution in [0.25, 0.3) is 0 Å². The lowest BCUT2D eigenvalue weighted by Crippen LogP contribution is -2.52. The van der Waals surface area contributed by atoms with Crippen LogP contribution in [0.4, 0.5) is 10.5 Å². The molecule has 1 aliphatic heterocycles. The number of aromatic nitrogens is 1. The van der Waals surface area contributed by atoms with E-state index in [1.807, 2.05) is 46.8 Å². The summed E-state index contributed by atoms with van der Waals surface area (Å²) < 4.78 is 5.90. The average Bonchev–Trinajstić information content (AvgIpc) is 2.98. The largest absolute Gasteiger partial charge is 0.371 e. The number of nitrogens with zero attached hydrogens (tertiary/aromatic N) is 2. The minimum absolute atomic E-state index is 0.106. The lowest BCUT2D eigenvalue weighted by molar-refractivity contribution is -0.0889. The predicted molar refractivity (Wildman–Crippen MR) is 114 cm³/mol. The lowest BCUT2D eigenvalue weighted by atomic mass is 10.1. The van der Waals surface area contributed by atoms with Gasteiger partial charge in [-0.3, -0.25) is 4.79 Å². The maximum atomic E-state index is 13.0. The van der Waals surface area contributed by atoms with E-state index < -0.39 is 12.1 Å². The van der Waals surface area contributed by atoms with Crippen molar-refractivity contribution in [1.82, 2.24) is 9.88 Å². The highest BCUT2D eigenvalue weighted by molar-refractivity contribution is 7.14. The molecule has 0 bridgehead atoms. The molecular weight excluding hydrogens is 388 g/mol. The first-order valence-electron chi connectivity index (χ1n) is 9.66. The molecule has 8 heteroatoms. The van der Waals surface area contributed by atoms with E-state index in [0.717, 1.165) is 22.4 Å². The average molecular weight is 417 g/mol. The Morgan fingerprint density at radius 1 is 1.21 bits per heavy atom. The summed E-state index contributed by atoms with van der Waals surface area (Å²) in [7, 11) is 0. The summed E-state index contributed by atoms with van der Waals surface area (Å²) in [5, 5.41) is 3.68. The maximum absolute atomic E-state index is 13.0. The summed E-state index contributed by atoms with van der Waals surface area (Å²) in [5.74, 6) is -0.204. The standard InChI is InChI=1S/C21H28N4O3S/c1-10-7-11(2)16(12(3)8-10)24-19(26)18-14(5)23-20(29-18)17-15(6)28-13(4)9-25(17)21(22)27/h7-8,13,15,17H,9H2,1-6H3,(H2,22,27)(H,24,26). The Kier molecular flexibility index (Phi) is 5.95. The first-order valence-corrected chi connectivity index (χ1v) is 10.5. The van der Waals surface area contributed by atoms with Crippen LogP contribution in [0, 0.1) is 27.7 Å².